The van der Waals surface area contributed by atoms with E-state index >= 15 is 0 Å². The van der Waals surface area contributed by atoms with Gasteiger partial charge in [0.1, 0.15) is 5.84 Å². The molecule has 2 rings (SSSR count). The number of nitrogens with one attached hydrogen (secondary N) is 2. The summed E-state index contributed by atoms with van der Waals surface area (Å²) in [5, 5.41) is 6.96. The lowest BCUT2D eigenvalue weighted by molar-refractivity contribution is 0.0979. The van der Waals surface area contributed by atoms with Crippen LogP contribution in [0.3, 0.4) is 0 Å². The molecule has 4 N–H and O–H groups in total. The van der Waals surface area contributed by atoms with Gasteiger partial charge < -0.3 is 10.5 Å². The molecule has 0 saturated carbocycles. The van der Waals surface area contributed by atoms with E-state index in [-0.39, 0.29) is 17.1 Å². The van der Waals surface area contributed by atoms with E-state index in [1.807, 2.05) is 0 Å². The van der Waals surface area contributed by atoms with Crippen LogP contribution in [0.15, 0.2) is 0 Å². The summed E-state index contributed by atoms with van der Waals surface area (Å²) in [4.78, 5) is 2.08. The van der Waals surface area contributed by atoms with Gasteiger partial charge in [0.15, 0.2) is 0 Å². The Morgan fingerprint density at radius 2 is 1.85 bits per heavy atom. The number of likely N-dealkylation sites (tertiary alicyclic amines) is 1. The van der Waals surface area contributed by atoms with E-state index in [0.29, 0.717) is 32.6 Å². The highest BCUT2D eigenvalue weighted by molar-refractivity contribution is 7.90. The molecule has 0 spiro atoms. The molecule has 0 aromatic carbocycles. The minimum Gasteiger partial charge on any atom is -0.387 e. The average Bonchev–Trinajstić information content (AvgIpc) is 2.41. The number of sulfonamides is 1. The van der Waals surface area contributed by atoms with Crippen molar-refractivity contribution in [2.24, 2.45) is 5.73 Å². The third-order valence-corrected chi connectivity index (χ3v) is 5.93. The fraction of sp³-hybridized carbons (Fsp3) is 0.917. The first-order valence-corrected chi connectivity index (χ1v) is 8.66. The number of hydrogen-bond donors (Lipinski definition) is 3. The second-order valence-electron chi connectivity index (χ2n) is 5.55. The van der Waals surface area contributed by atoms with E-state index < -0.39 is 10.0 Å². The Morgan fingerprint density at radius 3 is 2.40 bits per heavy atom. The van der Waals surface area contributed by atoms with Gasteiger partial charge in [0.2, 0.25) is 10.0 Å². The number of nitrogens with zero attached hydrogens (tertiary/aromatic N) is 1. The van der Waals surface area contributed by atoms with E-state index in [1.54, 1.807) is 0 Å². The molecule has 2 saturated heterocycles. The van der Waals surface area contributed by atoms with Gasteiger partial charge in [0, 0.05) is 32.3 Å². The molecule has 7 nitrogen and oxygen atoms in total. The fourth-order valence-corrected chi connectivity index (χ4v) is 4.47. The van der Waals surface area contributed by atoms with Gasteiger partial charge >= 0.3 is 0 Å². The molecule has 0 amide bonds. The predicted octanol–water partition coefficient (Wildman–Crippen LogP) is -0.515. The molecule has 2 fully saturated rings. The van der Waals surface area contributed by atoms with Gasteiger partial charge in [-0.15, -0.1) is 0 Å². The Labute approximate surface area is 120 Å². The predicted molar refractivity (Wildman–Crippen MR) is 77.3 cm³/mol. The van der Waals surface area contributed by atoms with Crippen molar-refractivity contribution in [3.63, 3.8) is 0 Å². The maximum Gasteiger partial charge on any atom is 0.214 e. The van der Waals surface area contributed by atoms with Gasteiger partial charge in [-0.1, -0.05) is 0 Å². The molecule has 0 radical (unpaired) electrons. The van der Waals surface area contributed by atoms with Crippen molar-refractivity contribution in [1.82, 2.24) is 9.62 Å². The summed E-state index contributed by atoms with van der Waals surface area (Å²) in [6.07, 6.45) is 2.71. The van der Waals surface area contributed by atoms with Crippen LogP contribution < -0.4 is 10.5 Å². The summed E-state index contributed by atoms with van der Waals surface area (Å²) in [5.41, 5.74) is 5.38. The SMILES string of the molecule is N=C(N)CN1CCC(NS(=O)(=O)C2CCOCC2)CC1. The van der Waals surface area contributed by atoms with Crippen molar-refractivity contribution in [1.29, 1.82) is 5.41 Å². The quantitative estimate of drug-likeness (QED) is 0.468. The number of amidine groups is 1. The lowest BCUT2D eigenvalue weighted by Gasteiger charge is -2.33. The second-order valence-corrected chi connectivity index (χ2v) is 7.54. The number of piperidine rings is 1. The molecule has 2 aliphatic heterocycles. The molecule has 0 unspecified atom stereocenters. The van der Waals surface area contributed by atoms with Crippen LogP contribution >= 0.6 is 0 Å². The third-order valence-electron chi connectivity index (χ3n) is 3.92. The van der Waals surface area contributed by atoms with Crippen LogP contribution in [0.4, 0.5) is 0 Å². The van der Waals surface area contributed by atoms with Crippen LogP contribution in [0, 0.1) is 5.41 Å². The minimum absolute atomic E-state index is 0.00560. The van der Waals surface area contributed by atoms with Crippen molar-refractivity contribution in [2.75, 3.05) is 32.8 Å². The first-order chi connectivity index (χ1) is 9.47. The largest absolute Gasteiger partial charge is 0.387 e. The lowest BCUT2D eigenvalue weighted by Crippen LogP contribution is -2.49. The highest BCUT2D eigenvalue weighted by Gasteiger charge is 2.31. The first kappa shape index (κ1) is 15.7. The Morgan fingerprint density at radius 1 is 1.25 bits per heavy atom. The molecule has 2 heterocycles. The highest BCUT2D eigenvalue weighted by Crippen LogP contribution is 2.18. The molecule has 0 atom stereocenters. The van der Waals surface area contributed by atoms with E-state index in [9.17, 15) is 8.42 Å². The minimum atomic E-state index is -3.24. The topological polar surface area (TPSA) is 109 Å². The summed E-state index contributed by atoms with van der Waals surface area (Å²) in [5.74, 6) is 0.159. The van der Waals surface area contributed by atoms with Crippen molar-refractivity contribution >= 4 is 15.9 Å². The fourth-order valence-electron chi connectivity index (χ4n) is 2.76. The highest BCUT2D eigenvalue weighted by atomic mass is 32.2. The van der Waals surface area contributed by atoms with Gasteiger partial charge in [-0.05, 0) is 25.7 Å². The standard InChI is InChI=1S/C12H24N4O3S/c13-12(14)9-16-5-1-10(2-6-16)15-20(17,18)11-3-7-19-8-4-11/h10-11,15H,1-9H2,(H3,13,14). The van der Waals surface area contributed by atoms with Gasteiger partial charge in [-0.3, -0.25) is 10.3 Å². The Kier molecular flexibility index (Phi) is 5.36. The van der Waals surface area contributed by atoms with E-state index in [4.69, 9.17) is 15.9 Å². The van der Waals surface area contributed by atoms with Gasteiger partial charge in [-0.2, -0.15) is 0 Å². The molecule has 0 bridgehead atoms. The molecule has 2 aliphatic rings. The van der Waals surface area contributed by atoms with E-state index in [2.05, 4.69) is 9.62 Å². The van der Waals surface area contributed by atoms with Crippen LogP contribution in [0.1, 0.15) is 25.7 Å². The summed E-state index contributed by atoms with van der Waals surface area (Å²) in [6.45, 7) is 3.09. The van der Waals surface area contributed by atoms with Crippen molar-refractivity contribution in [2.45, 2.75) is 37.0 Å². The van der Waals surface area contributed by atoms with Crippen LogP contribution in [0.25, 0.3) is 0 Å². The molecular formula is C12H24N4O3S. The van der Waals surface area contributed by atoms with E-state index in [0.717, 1.165) is 25.9 Å². The van der Waals surface area contributed by atoms with Crippen molar-refractivity contribution in [3.05, 3.63) is 0 Å². The molecular weight excluding hydrogens is 280 g/mol. The van der Waals surface area contributed by atoms with Crippen molar-refractivity contribution in [3.8, 4) is 0 Å². The maximum atomic E-state index is 12.3. The van der Waals surface area contributed by atoms with Crippen LogP contribution in [-0.4, -0.2) is 63.3 Å². The number of ether oxygens (including phenoxy) is 1. The number of hydrogen-bond acceptors (Lipinski definition) is 5. The molecule has 0 aliphatic carbocycles. The lowest BCUT2D eigenvalue weighted by atomic mass is 10.1. The van der Waals surface area contributed by atoms with E-state index in [1.165, 1.54) is 0 Å². The van der Waals surface area contributed by atoms with Crippen LogP contribution in [-0.2, 0) is 14.8 Å². The summed E-state index contributed by atoms with van der Waals surface area (Å²) < 4.78 is 32.6. The van der Waals surface area contributed by atoms with Crippen molar-refractivity contribution < 1.29 is 13.2 Å². The third kappa shape index (κ3) is 4.41. The monoisotopic (exact) mass is 304 g/mol. The van der Waals surface area contributed by atoms with Gasteiger partial charge in [-0.25, -0.2) is 13.1 Å². The molecule has 8 heteroatoms. The van der Waals surface area contributed by atoms with Crippen LogP contribution in [0.5, 0.6) is 0 Å². The Bertz CT molecular complexity index is 426. The first-order valence-electron chi connectivity index (χ1n) is 7.11. The number of nitrogens with two attached hydrogens (primary N) is 1. The zero-order valence-electron chi connectivity index (χ0n) is 11.7. The molecule has 0 aromatic rings. The molecule has 20 heavy (non-hydrogen) atoms. The summed E-state index contributed by atoms with van der Waals surface area (Å²) in [6, 6.07) is 0.00560. The zero-order chi connectivity index (χ0) is 14.6. The Hall–Kier alpha value is -0.700. The smallest absolute Gasteiger partial charge is 0.214 e. The molecule has 116 valence electrons. The maximum absolute atomic E-state index is 12.3. The number of rotatable bonds is 5. The van der Waals surface area contributed by atoms with Crippen LogP contribution in [0.2, 0.25) is 0 Å². The normalized spacial score (nSPS) is 23.8. The average molecular weight is 304 g/mol. The summed E-state index contributed by atoms with van der Waals surface area (Å²) in [7, 11) is -3.24. The zero-order valence-corrected chi connectivity index (χ0v) is 12.5. The van der Waals surface area contributed by atoms with Gasteiger partial charge in [0.25, 0.3) is 0 Å². The van der Waals surface area contributed by atoms with Gasteiger partial charge in [0.05, 0.1) is 11.8 Å². The summed E-state index contributed by atoms with van der Waals surface area (Å²) >= 11 is 0. The second kappa shape index (κ2) is 6.84. The molecule has 0 aromatic heterocycles. The Balaban J connectivity index is 1.80.